The number of hydrogen-bond donors (Lipinski definition) is 1. The summed E-state index contributed by atoms with van der Waals surface area (Å²) in [5, 5.41) is 12.9. The molecular weight excluding hydrogens is 292 g/mol. The maximum atomic E-state index is 8.82. The molecule has 2 rings (SSSR count). The van der Waals surface area contributed by atoms with Gasteiger partial charge in [-0.05, 0) is 36.8 Å². The summed E-state index contributed by atoms with van der Waals surface area (Å²) in [6, 6.07) is 9.97. The van der Waals surface area contributed by atoms with Gasteiger partial charge in [0.2, 0.25) is 0 Å². The molecular formula is C17H22N4S. The quantitative estimate of drug-likeness (QED) is 0.681. The van der Waals surface area contributed by atoms with Crippen LogP contribution < -0.4 is 5.32 Å². The van der Waals surface area contributed by atoms with Crippen LogP contribution in [0.2, 0.25) is 0 Å². The predicted octanol–water partition coefficient (Wildman–Crippen LogP) is 2.13. The molecule has 0 aliphatic carbocycles. The summed E-state index contributed by atoms with van der Waals surface area (Å²) in [7, 11) is 0. The van der Waals surface area contributed by atoms with Crippen molar-refractivity contribution in [3.8, 4) is 6.07 Å². The average molecular weight is 314 g/mol. The van der Waals surface area contributed by atoms with E-state index in [1.807, 2.05) is 31.2 Å². The van der Waals surface area contributed by atoms with Crippen LogP contribution in [-0.4, -0.2) is 47.6 Å². The first kappa shape index (κ1) is 16.5. The number of hydrogen-bond acceptors (Lipinski definition) is 3. The van der Waals surface area contributed by atoms with Crippen molar-refractivity contribution >= 4 is 17.3 Å². The zero-order chi connectivity index (χ0) is 15.9. The molecule has 1 N–H and O–H groups in total. The van der Waals surface area contributed by atoms with Gasteiger partial charge in [-0.1, -0.05) is 24.3 Å². The van der Waals surface area contributed by atoms with Gasteiger partial charge in [-0.2, -0.15) is 5.26 Å². The lowest BCUT2D eigenvalue weighted by Crippen LogP contribution is -2.51. The second-order valence-electron chi connectivity index (χ2n) is 5.69. The van der Waals surface area contributed by atoms with E-state index in [-0.39, 0.29) is 0 Å². The fourth-order valence-electron chi connectivity index (χ4n) is 2.39. The number of rotatable bonds is 4. The van der Waals surface area contributed by atoms with Gasteiger partial charge in [0.05, 0.1) is 11.6 Å². The van der Waals surface area contributed by atoms with Crippen molar-refractivity contribution in [1.29, 1.82) is 5.26 Å². The van der Waals surface area contributed by atoms with Crippen LogP contribution in [0.1, 0.15) is 18.1 Å². The van der Waals surface area contributed by atoms with Crippen LogP contribution in [0.15, 0.2) is 36.4 Å². The van der Waals surface area contributed by atoms with Gasteiger partial charge in [0, 0.05) is 39.3 Å². The van der Waals surface area contributed by atoms with Crippen molar-refractivity contribution in [1.82, 2.24) is 15.1 Å². The molecule has 22 heavy (non-hydrogen) atoms. The number of nitrogens with zero attached hydrogens (tertiary/aromatic N) is 3. The lowest BCUT2D eigenvalue weighted by atomic mass is 10.1. The number of piperazine rings is 1. The third-order valence-corrected chi connectivity index (χ3v) is 4.09. The number of thiocarbonyl (C=S) groups is 1. The fourth-order valence-corrected chi connectivity index (χ4v) is 2.65. The molecule has 5 heteroatoms. The summed E-state index contributed by atoms with van der Waals surface area (Å²) < 4.78 is 0. The molecule has 0 spiro atoms. The predicted molar refractivity (Wildman–Crippen MR) is 93.4 cm³/mol. The van der Waals surface area contributed by atoms with Gasteiger partial charge in [0.15, 0.2) is 5.11 Å². The second-order valence-corrected chi connectivity index (χ2v) is 6.07. The number of nitrogens with one attached hydrogen (secondary N) is 1. The zero-order valence-electron chi connectivity index (χ0n) is 13.0. The molecule has 1 aliphatic rings. The molecule has 0 atom stereocenters. The highest BCUT2D eigenvalue weighted by Crippen LogP contribution is 2.10. The SMILES string of the molecule is C=C(C)CNC(=S)N1CCN(Cc2ccc(C#N)cc2)CC1. The molecule has 1 aromatic carbocycles. The Balaban J connectivity index is 1.78. The molecule has 1 aliphatic heterocycles. The smallest absolute Gasteiger partial charge is 0.169 e. The Kier molecular flexibility index (Phi) is 5.93. The van der Waals surface area contributed by atoms with E-state index >= 15 is 0 Å². The largest absolute Gasteiger partial charge is 0.359 e. The van der Waals surface area contributed by atoms with E-state index in [0.29, 0.717) is 5.56 Å². The molecule has 0 saturated carbocycles. The van der Waals surface area contributed by atoms with Crippen LogP contribution in [0.25, 0.3) is 0 Å². The first-order valence-corrected chi connectivity index (χ1v) is 7.88. The van der Waals surface area contributed by atoms with Crippen LogP contribution in [0, 0.1) is 11.3 Å². The molecule has 4 nitrogen and oxygen atoms in total. The Hall–Kier alpha value is -1.90. The highest BCUT2D eigenvalue weighted by molar-refractivity contribution is 7.80. The summed E-state index contributed by atoms with van der Waals surface area (Å²) in [4.78, 5) is 4.63. The second kappa shape index (κ2) is 7.92. The van der Waals surface area contributed by atoms with Crippen LogP contribution in [0.3, 0.4) is 0 Å². The molecule has 0 amide bonds. The molecule has 1 aromatic rings. The standard InChI is InChI=1S/C17H22N4S/c1-14(2)12-19-17(22)21-9-7-20(8-10-21)13-16-5-3-15(11-18)4-6-16/h3-6H,1,7-10,12-13H2,2H3,(H,19,22). The molecule has 0 radical (unpaired) electrons. The van der Waals surface area contributed by atoms with Crippen molar-refractivity contribution < 1.29 is 0 Å². The van der Waals surface area contributed by atoms with E-state index in [1.54, 1.807) is 0 Å². The molecule has 1 saturated heterocycles. The van der Waals surface area contributed by atoms with E-state index in [2.05, 4.69) is 27.8 Å². The molecule has 0 bridgehead atoms. The molecule has 1 heterocycles. The zero-order valence-corrected chi connectivity index (χ0v) is 13.8. The summed E-state index contributed by atoms with van der Waals surface area (Å²) >= 11 is 5.41. The molecule has 116 valence electrons. The Morgan fingerprint density at radius 1 is 1.27 bits per heavy atom. The minimum absolute atomic E-state index is 0.711. The minimum atomic E-state index is 0.711. The molecule has 0 aromatic heterocycles. The first-order valence-electron chi connectivity index (χ1n) is 7.47. The van der Waals surface area contributed by atoms with Gasteiger partial charge in [-0.3, -0.25) is 4.90 Å². The van der Waals surface area contributed by atoms with Crippen LogP contribution in [-0.2, 0) is 6.54 Å². The Morgan fingerprint density at radius 2 is 1.91 bits per heavy atom. The first-order chi connectivity index (χ1) is 10.6. The summed E-state index contributed by atoms with van der Waals surface area (Å²) in [5.41, 5.74) is 3.04. The van der Waals surface area contributed by atoms with Crippen LogP contribution in [0.4, 0.5) is 0 Å². The van der Waals surface area contributed by atoms with Gasteiger partial charge in [0.25, 0.3) is 0 Å². The van der Waals surface area contributed by atoms with Crippen molar-refractivity contribution in [2.45, 2.75) is 13.5 Å². The average Bonchev–Trinajstić information content (AvgIpc) is 2.54. The van der Waals surface area contributed by atoms with Gasteiger partial charge in [-0.15, -0.1) is 0 Å². The highest BCUT2D eigenvalue weighted by atomic mass is 32.1. The molecule has 0 unspecified atom stereocenters. The van der Waals surface area contributed by atoms with Crippen molar-refractivity contribution in [3.05, 3.63) is 47.5 Å². The van der Waals surface area contributed by atoms with Crippen molar-refractivity contribution in [3.63, 3.8) is 0 Å². The van der Waals surface area contributed by atoms with Crippen molar-refractivity contribution in [2.75, 3.05) is 32.7 Å². The van der Waals surface area contributed by atoms with Gasteiger partial charge in [-0.25, -0.2) is 0 Å². The van der Waals surface area contributed by atoms with Gasteiger partial charge >= 0.3 is 0 Å². The van der Waals surface area contributed by atoms with Gasteiger partial charge in [0.1, 0.15) is 0 Å². The fraction of sp³-hybridized carbons (Fsp3) is 0.412. The lowest BCUT2D eigenvalue weighted by Gasteiger charge is -2.36. The topological polar surface area (TPSA) is 42.3 Å². The molecule has 1 fully saturated rings. The van der Waals surface area contributed by atoms with E-state index in [1.165, 1.54) is 5.56 Å². The highest BCUT2D eigenvalue weighted by Gasteiger charge is 2.18. The third kappa shape index (κ3) is 4.83. The Bertz CT molecular complexity index is 565. The van der Waals surface area contributed by atoms with E-state index in [9.17, 15) is 0 Å². The lowest BCUT2D eigenvalue weighted by molar-refractivity contribution is 0.174. The number of benzene rings is 1. The maximum absolute atomic E-state index is 8.82. The van der Waals surface area contributed by atoms with Crippen molar-refractivity contribution in [2.24, 2.45) is 0 Å². The minimum Gasteiger partial charge on any atom is -0.359 e. The number of nitriles is 1. The Labute approximate surface area is 138 Å². The summed E-state index contributed by atoms with van der Waals surface area (Å²) in [5.74, 6) is 0. The third-order valence-electron chi connectivity index (χ3n) is 3.69. The van der Waals surface area contributed by atoms with Gasteiger partial charge < -0.3 is 10.2 Å². The summed E-state index contributed by atoms with van der Waals surface area (Å²) in [6.45, 7) is 11.4. The van der Waals surface area contributed by atoms with Crippen LogP contribution >= 0.6 is 12.2 Å². The normalized spacial score (nSPS) is 15.2. The maximum Gasteiger partial charge on any atom is 0.169 e. The summed E-state index contributed by atoms with van der Waals surface area (Å²) in [6.07, 6.45) is 0. The van der Waals surface area contributed by atoms with E-state index in [0.717, 1.165) is 50.0 Å². The van der Waals surface area contributed by atoms with Crippen LogP contribution in [0.5, 0.6) is 0 Å². The van der Waals surface area contributed by atoms with E-state index in [4.69, 9.17) is 17.5 Å². The van der Waals surface area contributed by atoms with E-state index < -0.39 is 0 Å². The Morgan fingerprint density at radius 3 is 2.45 bits per heavy atom. The monoisotopic (exact) mass is 314 g/mol.